The van der Waals surface area contributed by atoms with E-state index in [9.17, 15) is 25.2 Å². The fourth-order valence-electron chi connectivity index (χ4n) is 2.32. The average Bonchev–Trinajstić information content (AvgIpc) is 2.49. The summed E-state index contributed by atoms with van der Waals surface area (Å²) < 4.78 is 10.5. The van der Waals surface area contributed by atoms with Gasteiger partial charge >= 0.3 is 5.97 Å². The fraction of sp³-hybridized carbons (Fsp3) is 0.923. The van der Waals surface area contributed by atoms with Gasteiger partial charge in [-0.05, 0) is 25.8 Å². The van der Waals surface area contributed by atoms with Gasteiger partial charge in [0.15, 0.2) is 0 Å². The van der Waals surface area contributed by atoms with Crippen molar-refractivity contribution in [3.63, 3.8) is 0 Å². The van der Waals surface area contributed by atoms with Gasteiger partial charge in [0.1, 0.15) is 18.3 Å². The zero-order valence-corrected chi connectivity index (χ0v) is 12.3. The number of carbonyl (C=O) groups is 1. The Bertz CT molecular complexity index is 355. The molecule has 22 heavy (non-hydrogen) atoms. The van der Waals surface area contributed by atoms with Crippen molar-refractivity contribution in [1.29, 1.82) is 0 Å². The van der Waals surface area contributed by atoms with Gasteiger partial charge < -0.3 is 40.7 Å². The Balaban J connectivity index is 2.76. The van der Waals surface area contributed by atoms with Crippen molar-refractivity contribution >= 4 is 5.97 Å². The van der Waals surface area contributed by atoms with Crippen molar-refractivity contribution in [3.8, 4) is 0 Å². The molecule has 130 valence electrons. The summed E-state index contributed by atoms with van der Waals surface area (Å²) in [5, 5.41) is 47.6. The van der Waals surface area contributed by atoms with E-state index in [0.717, 1.165) is 12.8 Å². The zero-order valence-electron chi connectivity index (χ0n) is 12.3. The largest absolute Gasteiger partial charge is 0.477 e. The van der Waals surface area contributed by atoms with Crippen molar-refractivity contribution in [2.45, 2.75) is 55.9 Å². The van der Waals surface area contributed by atoms with Crippen molar-refractivity contribution < 1.29 is 39.8 Å². The Kier molecular flexibility index (Phi) is 7.63. The number of nitrogens with two attached hydrogens (primary N) is 1. The normalized spacial score (nSPS) is 33.6. The highest BCUT2D eigenvalue weighted by molar-refractivity contribution is 5.76. The summed E-state index contributed by atoms with van der Waals surface area (Å²) in [4.78, 5) is 11.5. The third kappa shape index (κ3) is 4.59. The minimum atomic E-state index is -2.16. The van der Waals surface area contributed by atoms with Gasteiger partial charge in [-0.15, -0.1) is 0 Å². The number of unbranched alkanes of at least 4 members (excludes halogenated alkanes) is 2. The number of aliphatic hydroxyl groups excluding tert-OH is 4. The lowest BCUT2D eigenvalue weighted by Gasteiger charge is -2.43. The van der Waals surface area contributed by atoms with Gasteiger partial charge in [-0.2, -0.15) is 0 Å². The molecule has 2 unspecified atom stereocenters. The van der Waals surface area contributed by atoms with Crippen molar-refractivity contribution in [2.75, 3.05) is 19.8 Å². The lowest BCUT2D eigenvalue weighted by Crippen LogP contribution is -2.62. The number of ether oxygens (including phenoxy) is 2. The lowest BCUT2D eigenvalue weighted by molar-refractivity contribution is -0.323. The maximum absolute atomic E-state index is 11.5. The van der Waals surface area contributed by atoms with Crippen LogP contribution in [0.15, 0.2) is 0 Å². The minimum Gasteiger partial charge on any atom is -0.477 e. The Morgan fingerprint density at radius 3 is 2.59 bits per heavy atom. The summed E-state index contributed by atoms with van der Waals surface area (Å²) >= 11 is 0. The molecular formula is C13H25NO8. The maximum Gasteiger partial charge on any atom is 0.364 e. The van der Waals surface area contributed by atoms with E-state index < -0.39 is 49.2 Å². The topological polar surface area (TPSA) is 163 Å². The molecule has 1 fully saturated rings. The molecule has 1 aliphatic heterocycles. The third-order valence-corrected chi connectivity index (χ3v) is 3.61. The molecule has 0 bridgehead atoms. The van der Waals surface area contributed by atoms with Crippen LogP contribution in [0, 0.1) is 0 Å². The fourth-order valence-corrected chi connectivity index (χ4v) is 2.32. The Hall–Kier alpha value is -0.810. The van der Waals surface area contributed by atoms with Gasteiger partial charge in [0.25, 0.3) is 5.79 Å². The van der Waals surface area contributed by atoms with Gasteiger partial charge in [0.2, 0.25) is 0 Å². The summed E-state index contributed by atoms with van der Waals surface area (Å²) in [5.41, 5.74) is 5.36. The molecule has 1 saturated heterocycles. The summed E-state index contributed by atoms with van der Waals surface area (Å²) in [6, 6.07) is 0. The van der Waals surface area contributed by atoms with E-state index in [-0.39, 0.29) is 6.61 Å². The first kappa shape index (κ1) is 19.2. The average molecular weight is 323 g/mol. The molecule has 0 radical (unpaired) electrons. The van der Waals surface area contributed by atoms with Crippen LogP contribution in [-0.4, -0.2) is 81.5 Å². The van der Waals surface area contributed by atoms with E-state index in [1.807, 2.05) is 0 Å². The molecule has 1 aliphatic rings. The highest BCUT2D eigenvalue weighted by Crippen LogP contribution is 2.32. The first-order valence-corrected chi connectivity index (χ1v) is 7.28. The summed E-state index contributed by atoms with van der Waals surface area (Å²) in [7, 11) is 0. The van der Waals surface area contributed by atoms with E-state index in [4.69, 9.17) is 20.3 Å². The maximum atomic E-state index is 11.5. The highest BCUT2D eigenvalue weighted by atomic mass is 16.7. The highest BCUT2D eigenvalue weighted by Gasteiger charge is 2.54. The molecule has 9 heteroatoms. The second-order valence-corrected chi connectivity index (χ2v) is 5.35. The van der Waals surface area contributed by atoms with Gasteiger partial charge in [0.05, 0.1) is 19.3 Å². The molecule has 1 heterocycles. The molecule has 0 aliphatic carbocycles. The van der Waals surface area contributed by atoms with Crippen LogP contribution in [0.1, 0.15) is 25.7 Å². The van der Waals surface area contributed by atoms with Gasteiger partial charge in [-0.3, -0.25) is 0 Å². The zero-order chi connectivity index (χ0) is 16.8. The molecule has 7 N–H and O–H groups in total. The summed E-state index contributed by atoms with van der Waals surface area (Å²) in [6.45, 7) is -0.159. The number of hydrogen-bond donors (Lipinski definition) is 6. The molecule has 0 aromatic heterocycles. The van der Waals surface area contributed by atoms with Crippen molar-refractivity contribution in [2.24, 2.45) is 5.73 Å². The van der Waals surface area contributed by atoms with Crippen LogP contribution in [-0.2, 0) is 14.3 Å². The quantitative estimate of drug-likeness (QED) is 0.258. The van der Waals surface area contributed by atoms with Crippen LogP contribution in [0.25, 0.3) is 0 Å². The first-order valence-electron chi connectivity index (χ1n) is 7.28. The number of carboxylic acid groups (broad SMARTS) is 1. The number of carboxylic acids is 1. The van der Waals surface area contributed by atoms with Crippen LogP contribution < -0.4 is 5.73 Å². The first-order chi connectivity index (χ1) is 10.4. The predicted molar refractivity (Wildman–Crippen MR) is 73.8 cm³/mol. The second kappa shape index (κ2) is 8.73. The molecule has 0 saturated carbocycles. The standard InChI is InChI=1S/C13H25NO8/c14-4-2-1-3-5-21-13(12(19)20)6-8(16)10(18)11(22-13)9(17)7-15/h8-11,15-18H,1-7,14H2,(H,19,20)/t8?,9-,10-,11?,13-/m1/s1. The summed E-state index contributed by atoms with van der Waals surface area (Å²) in [5.74, 6) is -3.63. The van der Waals surface area contributed by atoms with Crippen LogP contribution in [0.3, 0.4) is 0 Å². The molecular weight excluding hydrogens is 298 g/mol. The molecule has 0 aromatic rings. The Labute approximate surface area is 128 Å². The molecule has 0 aromatic carbocycles. The molecule has 5 atom stereocenters. The number of aliphatic carboxylic acids is 1. The second-order valence-electron chi connectivity index (χ2n) is 5.35. The van der Waals surface area contributed by atoms with Crippen molar-refractivity contribution in [1.82, 2.24) is 0 Å². The van der Waals surface area contributed by atoms with E-state index in [0.29, 0.717) is 13.0 Å². The lowest BCUT2D eigenvalue weighted by atomic mass is 9.92. The molecule has 0 amide bonds. The monoisotopic (exact) mass is 323 g/mol. The third-order valence-electron chi connectivity index (χ3n) is 3.61. The van der Waals surface area contributed by atoms with Gasteiger partial charge in [-0.1, -0.05) is 0 Å². The van der Waals surface area contributed by atoms with E-state index in [2.05, 4.69) is 0 Å². The Morgan fingerprint density at radius 2 is 2.05 bits per heavy atom. The number of rotatable bonds is 9. The minimum absolute atomic E-state index is 0.0665. The summed E-state index contributed by atoms with van der Waals surface area (Å²) in [6.07, 6.45) is -4.37. The molecule has 9 nitrogen and oxygen atoms in total. The van der Waals surface area contributed by atoms with E-state index in [1.165, 1.54) is 0 Å². The predicted octanol–water partition coefficient (Wildman–Crippen LogP) is -2.22. The number of aliphatic hydroxyl groups is 4. The van der Waals surface area contributed by atoms with Gasteiger partial charge in [-0.25, -0.2) is 4.79 Å². The van der Waals surface area contributed by atoms with Crippen LogP contribution in [0.5, 0.6) is 0 Å². The SMILES string of the molecule is NCCCCCO[C@]1(C(=O)O)CC(O)[C@@H](O)C([C@H](O)CO)O1. The van der Waals surface area contributed by atoms with E-state index in [1.54, 1.807) is 0 Å². The number of hydrogen-bond acceptors (Lipinski definition) is 8. The van der Waals surface area contributed by atoms with E-state index >= 15 is 0 Å². The van der Waals surface area contributed by atoms with Crippen LogP contribution in [0.2, 0.25) is 0 Å². The Morgan fingerprint density at radius 1 is 1.36 bits per heavy atom. The molecule has 1 rings (SSSR count). The van der Waals surface area contributed by atoms with Gasteiger partial charge in [0, 0.05) is 6.42 Å². The smallest absolute Gasteiger partial charge is 0.364 e. The van der Waals surface area contributed by atoms with Crippen LogP contribution in [0.4, 0.5) is 0 Å². The van der Waals surface area contributed by atoms with Crippen molar-refractivity contribution in [3.05, 3.63) is 0 Å². The molecule has 0 spiro atoms. The van der Waals surface area contributed by atoms with Crippen LogP contribution >= 0.6 is 0 Å².